The van der Waals surface area contributed by atoms with Crippen LogP contribution in [-0.2, 0) is 9.59 Å². The van der Waals surface area contributed by atoms with Crippen molar-refractivity contribution in [2.75, 3.05) is 0 Å². The molecule has 0 aromatic heterocycles. The van der Waals surface area contributed by atoms with Gasteiger partial charge in [0.15, 0.2) is 5.78 Å². The van der Waals surface area contributed by atoms with Crippen LogP contribution in [0.15, 0.2) is 11.6 Å². The van der Waals surface area contributed by atoms with Gasteiger partial charge in [-0.25, -0.2) is 0 Å². The summed E-state index contributed by atoms with van der Waals surface area (Å²) < 4.78 is 0. The zero-order valence-electron chi connectivity index (χ0n) is 15.2. The number of fused-ring (bicyclic) bond motifs is 5. The number of aliphatic hydroxyl groups is 1. The maximum absolute atomic E-state index is 12.2. The number of ketones is 2. The molecule has 1 N–H and O–H groups in total. The highest BCUT2D eigenvalue weighted by Crippen LogP contribution is 2.68. The van der Waals surface area contributed by atoms with Gasteiger partial charge in [-0.1, -0.05) is 19.4 Å². The van der Waals surface area contributed by atoms with E-state index in [0.717, 1.165) is 44.9 Å². The molecule has 3 nitrogen and oxygen atoms in total. The van der Waals surface area contributed by atoms with Crippen LogP contribution in [0, 0.1) is 28.6 Å². The van der Waals surface area contributed by atoms with E-state index in [2.05, 4.69) is 13.8 Å². The van der Waals surface area contributed by atoms with Crippen LogP contribution in [0.3, 0.4) is 0 Å². The molecule has 4 rings (SSSR count). The van der Waals surface area contributed by atoms with E-state index in [-0.39, 0.29) is 34.2 Å². The third-order valence-corrected chi connectivity index (χ3v) is 8.64. The van der Waals surface area contributed by atoms with E-state index < -0.39 is 5.60 Å². The lowest BCUT2D eigenvalue weighted by Gasteiger charge is -2.61. The molecular weight excluding hydrogens is 300 g/mol. The first-order valence-electron chi connectivity index (χ1n) is 9.69. The van der Waals surface area contributed by atoms with Crippen molar-refractivity contribution in [2.45, 2.75) is 77.7 Å². The summed E-state index contributed by atoms with van der Waals surface area (Å²) in [5.41, 5.74) is 0.431. The van der Waals surface area contributed by atoms with E-state index in [9.17, 15) is 14.7 Å². The largest absolute Gasteiger partial charge is 0.389 e. The molecule has 132 valence electrons. The molecule has 0 heterocycles. The minimum Gasteiger partial charge on any atom is -0.389 e. The molecule has 3 saturated carbocycles. The molecule has 6 atom stereocenters. The van der Waals surface area contributed by atoms with Crippen molar-refractivity contribution in [1.29, 1.82) is 0 Å². The summed E-state index contributed by atoms with van der Waals surface area (Å²) in [7, 11) is 0. The molecule has 0 radical (unpaired) electrons. The number of carbonyl (C=O) groups is 2. The molecule has 4 aliphatic carbocycles. The number of rotatable bonds is 1. The van der Waals surface area contributed by atoms with Crippen molar-refractivity contribution in [3.8, 4) is 0 Å². The van der Waals surface area contributed by atoms with Crippen LogP contribution in [0.5, 0.6) is 0 Å². The first kappa shape index (κ1) is 16.5. The Bertz CT molecular complexity index is 635. The van der Waals surface area contributed by atoms with Gasteiger partial charge in [-0.2, -0.15) is 0 Å². The molecule has 0 unspecified atom stereocenters. The zero-order valence-corrected chi connectivity index (χ0v) is 15.2. The van der Waals surface area contributed by atoms with Gasteiger partial charge in [0.2, 0.25) is 0 Å². The van der Waals surface area contributed by atoms with Crippen molar-refractivity contribution in [3.05, 3.63) is 11.6 Å². The average molecular weight is 330 g/mol. The molecule has 0 saturated heterocycles. The second-order valence-electron chi connectivity index (χ2n) is 9.39. The third-order valence-electron chi connectivity index (χ3n) is 8.64. The standard InChI is InChI=1S/C21H30O3/c1-13(22)16-8-11-21(24)18-5-4-14-12-15(23)6-9-19(14,2)17(18)7-10-20(16,21)3/h12,16-18,24H,4-11H2,1-3H3/t16-,17-,18+,19-,20+,21-/m0/s1. The molecule has 0 aromatic carbocycles. The smallest absolute Gasteiger partial charge is 0.155 e. The summed E-state index contributed by atoms with van der Waals surface area (Å²) >= 11 is 0. The van der Waals surface area contributed by atoms with Gasteiger partial charge in [-0.15, -0.1) is 0 Å². The molecule has 3 heteroatoms. The highest BCUT2D eigenvalue weighted by Gasteiger charge is 2.67. The van der Waals surface area contributed by atoms with Crippen LogP contribution in [0.2, 0.25) is 0 Å². The van der Waals surface area contributed by atoms with E-state index in [1.54, 1.807) is 6.92 Å². The third kappa shape index (κ3) is 1.88. The fraction of sp³-hybridized carbons (Fsp3) is 0.810. The lowest BCUT2D eigenvalue weighted by atomic mass is 9.45. The first-order chi connectivity index (χ1) is 11.2. The van der Waals surface area contributed by atoms with Crippen molar-refractivity contribution in [3.63, 3.8) is 0 Å². The average Bonchev–Trinajstić information content (AvgIpc) is 2.80. The highest BCUT2D eigenvalue weighted by atomic mass is 16.3. The Kier molecular flexibility index (Phi) is 3.46. The van der Waals surface area contributed by atoms with Crippen LogP contribution in [0.4, 0.5) is 0 Å². The van der Waals surface area contributed by atoms with Gasteiger partial charge < -0.3 is 5.11 Å². The first-order valence-corrected chi connectivity index (χ1v) is 9.69. The number of hydrogen-bond acceptors (Lipinski definition) is 3. The minimum absolute atomic E-state index is 0.0149. The summed E-state index contributed by atoms with van der Waals surface area (Å²) in [5, 5.41) is 11.8. The minimum atomic E-state index is -0.706. The Hall–Kier alpha value is -0.960. The van der Waals surface area contributed by atoms with Crippen molar-refractivity contribution in [2.24, 2.45) is 28.6 Å². The summed E-state index contributed by atoms with van der Waals surface area (Å²) in [4.78, 5) is 24.0. The quantitative estimate of drug-likeness (QED) is 0.795. The van der Waals surface area contributed by atoms with Crippen LogP contribution in [0.1, 0.15) is 72.1 Å². The van der Waals surface area contributed by atoms with Gasteiger partial charge in [0.25, 0.3) is 0 Å². The van der Waals surface area contributed by atoms with Crippen molar-refractivity contribution in [1.82, 2.24) is 0 Å². The second-order valence-corrected chi connectivity index (χ2v) is 9.39. The summed E-state index contributed by atoms with van der Waals surface area (Å²) in [6, 6.07) is 0. The molecule has 4 aliphatic rings. The maximum atomic E-state index is 12.2. The Morgan fingerprint density at radius 2 is 1.83 bits per heavy atom. The van der Waals surface area contributed by atoms with Gasteiger partial charge in [-0.3, -0.25) is 9.59 Å². The van der Waals surface area contributed by atoms with E-state index in [0.29, 0.717) is 12.3 Å². The molecule has 0 spiro atoms. The van der Waals surface area contributed by atoms with E-state index in [1.807, 2.05) is 6.08 Å². The topological polar surface area (TPSA) is 54.4 Å². The summed E-state index contributed by atoms with van der Waals surface area (Å²) in [5.74, 6) is 1.27. The molecule has 0 aromatic rings. The predicted octanol–water partition coefficient (Wildman–Crippen LogP) is 3.84. The van der Waals surface area contributed by atoms with Gasteiger partial charge in [0, 0.05) is 17.8 Å². The number of carbonyl (C=O) groups excluding carboxylic acids is 2. The van der Waals surface area contributed by atoms with Crippen LogP contribution < -0.4 is 0 Å². The lowest BCUT2D eigenvalue weighted by molar-refractivity contribution is -0.185. The molecule has 24 heavy (non-hydrogen) atoms. The van der Waals surface area contributed by atoms with Gasteiger partial charge in [0.1, 0.15) is 5.78 Å². The molecule has 0 aliphatic heterocycles. The van der Waals surface area contributed by atoms with Crippen molar-refractivity contribution >= 4 is 11.6 Å². The zero-order chi connectivity index (χ0) is 17.3. The highest BCUT2D eigenvalue weighted by molar-refractivity contribution is 5.91. The van der Waals surface area contributed by atoms with E-state index in [4.69, 9.17) is 0 Å². The van der Waals surface area contributed by atoms with Gasteiger partial charge in [-0.05, 0) is 75.2 Å². The Balaban J connectivity index is 1.73. The Labute approximate surface area is 144 Å². The van der Waals surface area contributed by atoms with Crippen molar-refractivity contribution < 1.29 is 14.7 Å². The lowest BCUT2D eigenvalue weighted by Crippen LogP contribution is -2.61. The second kappa shape index (κ2) is 5.03. The van der Waals surface area contributed by atoms with Gasteiger partial charge in [0.05, 0.1) is 5.60 Å². The molecule has 0 bridgehead atoms. The fourth-order valence-corrected chi connectivity index (χ4v) is 7.18. The maximum Gasteiger partial charge on any atom is 0.155 e. The van der Waals surface area contributed by atoms with Crippen LogP contribution in [-0.4, -0.2) is 22.3 Å². The monoisotopic (exact) mass is 330 g/mol. The van der Waals surface area contributed by atoms with E-state index in [1.165, 1.54) is 5.57 Å². The molecule has 3 fully saturated rings. The van der Waals surface area contributed by atoms with Crippen LogP contribution in [0.25, 0.3) is 0 Å². The fourth-order valence-electron chi connectivity index (χ4n) is 7.18. The van der Waals surface area contributed by atoms with Gasteiger partial charge >= 0.3 is 0 Å². The Morgan fingerprint density at radius 3 is 2.54 bits per heavy atom. The number of hydrogen-bond donors (Lipinski definition) is 1. The molecular formula is C21H30O3. The normalized spacial score (nSPS) is 50.6. The predicted molar refractivity (Wildman–Crippen MR) is 92.3 cm³/mol. The number of allylic oxidation sites excluding steroid dienone is 1. The molecule has 0 amide bonds. The number of Topliss-reactive ketones (excluding diaryl/α,β-unsaturated/α-hetero) is 1. The van der Waals surface area contributed by atoms with Crippen LogP contribution >= 0.6 is 0 Å². The summed E-state index contributed by atoms with van der Waals surface area (Å²) in [6.45, 7) is 6.19. The summed E-state index contributed by atoms with van der Waals surface area (Å²) in [6.07, 6.45) is 9.01. The Morgan fingerprint density at radius 1 is 1.08 bits per heavy atom. The van der Waals surface area contributed by atoms with E-state index >= 15 is 0 Å². The SMILES string of the molecule is CC(=O)[C@@H]1CC[C@]2(O)[C@@H]3CCC4=CC(=O)CC[C@]4(C)[C@H]3CC[C@]12C.